The van der Waals surface area contributed by atoms with Crippen LogP contribution in [0.3, 0.4) is 0 Å². The summed E-state index contributed by atoms with van der Waals surface area (Å²) in [6.07, 6.45) is -0.0425. The summed E-state index contributed by atoms with van der Waals surface area (Å²) >= 11 is 0. The number of carbonyl (C=O) groups is 2. The smallest absolute Gasteiger partial charge is 0.411 e. The summed E-state index contributed by atoms with van der Waals surface area (Å²) in [5.74, 6) is 0.420. The Morgan fingerprint density at radius 2 is 2.00 bits per heavy atom. The van der Waals surface area contributed by atoms with E-state index in [-0.39, 0.29) is 11.6 Å². The van der Waals surface area contributed by atoms with Crippen LogP contribution < -0.4 is 4.74 Å². The van der Waals surface area contributed by atoms with Gasteiger partial charge in [0.1, 0.15) is 5.60 Å². The number of nitrogens with zero attached hydrogens (tertiary/aromatic N) is 2. The molecule has 0 aliphatic heterocycles. The van der Waals surface area contributed by atoms with Crippen molar-refractivity contribution in [2.45, 2.75) is 38.8 Å². The summed E-state index contributed by atoms with van der Waals surface area (Å²) in [5, 5.41) is 3.63. The number of amides is 1. The van der Waals surface area contributed by atoms with Crippen molar-refractivity contribution in [3.05, 3.63) is 11.8 Å². The molecule has 0 bridgehead atoms. The second-order valence-electron chi connectivity index (χ2n) is 5.54. The molecule has 7 nitrogen and oxygen atoms in total. The molecule has 1 amide bonds. The molecule has 1 atom stereocenters. The van der Waals surface area contributed by atoms with Gasteiger partial charge < -0.3 is 18.8 Å². The lowest BCUT2D eigenvalue weighted by Gasteiger charge is -2.33. The molecule has 7 heteroatoms. The van der Waals surface area contributed by atoms with Gasteiger partial charge in [0.25, 0.3) is 5.88 Å². The maximum absolute atomic E-state index is 12.1. The first-order valence-electron chi connectivity index (χ1n) is 6.08. The second-order valence-corrected chi connectivity index (χ2v) is 5.54. The molecular formula is C13H20N2O5. The van der Waals surface area contributed by atoms with Gasteiger partial charge in [0.2, 0.25) is 0 Å². The summed E-state index contributed by atoms with van der Waals surface area (Å²) in [7, 11) is 2.88. The zero-order valence-electron chi connectivity index (χ0n) is 12.6. The van der Waals surface area contributed by atoms with Gasteiger partial charge in [-0.2, -0.15) is 0 Å². The number of carbonyl (C=O) groups excluding carboxylic acids is 2. The number of ether oxygens (including phenoxy) is 2. The first-order chi connectivity index (χ1) is 9.14. The number of rotatable bonds is 4. The molecule has 0 fully saturated rings. The van der Waals surface area contributed by atoms with Crippen LogP contribution in [0, 0.1) is 0 Å². The number of aldehydes is 1. The van der Waals surface area contributed by atoms with E-state index in [1.807, 2.05) is 0 Å². The van der Waals surface area contributed by atoms with Crippen molar-refractivity contribution >= 4 is 12.4 Å². The Balaban J connectivity index is 3.03. The standard InChI is InChI=1S/C13H20N2O5/c1-12(2,3)19-11(17)15(5)13(4,8-16)9-7-10(18-6)14-20-9/h7-8H,1-6H3. The minimum atomic E-state index is -1.33. The van der Waals surface area contributed by atoms with E-state index in [9.17, 15) is 9.59 Å². The van der Waals surface area contributed by atoms with Gasteiger partial charge in [-0.1, -0.05) is 0 Å². The average molecular weight is 284 g/mol. The highest BCUT2D eigenvalue weighted by molar-refractivity contribution is 5.77. The van der Waals surface area contributed by atoms with E-state index in [1.54, 1.807) is 20.8 Å². The number of hydrogen-bond donors (Lipinski definition) is 0. The molecule has 1 heterocycles. The predicted molar refractivity (Wildman–Crippen MR) is 70.5 cm³/mol. The fourth-order valence-electron chi connectivity index (χ4n) is 1.42. The highest BCUT2D eigenvalue weighted by Gasteiger charge is 2.40. The normalized spacial score (nSPS) is 14.3. The van der Waals surface area contributed by atoms with Gasteiger partial charge in [0.05, 0.1) is 7.11 Å². The zero-order valence-corrected chi connectivity index (χ0v) is 12.6. The molecule has 0 saturated carbocycles. The van der Waals surface area contributed by atoms with Gasteiger partial charge in [-0.3, -0.25) is 4.90 Å². The van der Waals surface area contributed by atoms with Crippen LogP contribution in [0.25, 0.3) is 0 Å². The number of likely N-dealkylation sites (N-methyl/N-ethyl adjacent to an activating group) is 1. The van der Waals surface area contributed by atoms with Crippen LogP contribution in [-0.4, -0.2) is 42.2 Å². The lowest BCUT2D eigenvalue weighted by Crippen LogP contribution is -2.48. The summed E-state index contributed by atoms with van der Waals surface area (Å²) in [6, 6.07) is 1.45. The molecule has 0 aliphatic rings. The minimum absolute atomic E-state index is 0.192. The molecule has 0 aromatic carbocycles. The summed E-state index contributed by atoms with van der Waals surface area (Å²) in [4.78, 5) is 24.7. The molecule has 0 N–H and O–H groups in total. The van der Waals surface area contributed by atoms with Gasteiger partial charge in [-0.15, -0.1) is 0 Å². The van der Waals surface area contributed by atoms with Crippen LogP contribution in [-0.2, 0) is 15.1 Å². The molecule has 1 rings (SSSR count). The Bertz CT molecular complexity index is 491. The number of aromatic nitrogens is 1. The van der Waals surface area contributed by atoms with Crippen molar-refractivity contribution < 1.29 is 23.6 Å². The van der Waals surface area contributed by atoms with Crippen LogP contribution >= 0.6 is 0 Å². The third-order valence-corrected chi connectivity index (χ3v) is 2.79. The molecular weight excluding hydrogens is 264 g/mol. The van der Waals surface area contributed by atoms with Crippen molar-refractivity contribution in [1.82, 2.24) is 10.1 Å². The lowest BCUT2D eigenvalue weighted by atomic mass is 9.99. The van der Waals surface area contributed by atoms with Gasteiger partial charge in [-0.25, -0.2) is 4.79 Å². The molecule has 20 heavy (non-hydrogen) atoms. The maximum Gasteiger partial charge on any atom is 0.411 e. The molecule has 1 aromatic heterocycles. The Kier molecular flexibility index (Phi) is 4.42. The third kappa shape index (κ3) is 3.28. The van der Waals surface area contributed by atoms with Crippen LogP contribution in [0.1, 0.15) is 33.5 Å². The average Bonchev–Trinajstić information content (AvgIpc) is 2.84. The maximum atomic E-state index is 12.1. The second kappa shape index (κ2) is 5.52. The van der Waals surface area contributed by atoms with E-state index in [1.165, 1.54) is 27.1 Å². The molecule has 0 radical (unpaired) electrons. The van der Waals surface area contributed by atoms with Gasteiger partial charge in [0, 0.05) is 13.1 Å². The lowest BCUT2D eigenvalue weighted by molar-refractivity contribution is -0.118. The Morgan fingerprint density at radius 3 is 2.40 bits per heavy atom. The van der Waals surface area contributed by atoms with E-state index in [0.29, 0.717) is 6.29 Å². The van der Waals surface area contributed by atoms with Gasteiger partial charge in [0.15, 0.2) is 17.6 Å². The van der Waals surface area contributed by atoms with Crippen LogP contribution in [0.15, 0.2) is 10.6 Å². The predicted octanol–water partition coefficient (Wildman–Crippen LogP) is 1.96. The monoisotopic (exact) mass is 284 g/mol. The van der Waals surface area contributed by atoms with E-state index in [0.717, 1.165) is 4.90 Å². The van der Waals surface area contributed by atoms with Crippen LogP contribution in [0.2, 0.25) is 0 Å². The summed E-state index contributed by atoms with van der Waals surface area (Å²) < 4.78 is 15.2. The summed E-state index contributed by atoms with van der Waals surface area (Å²) in [5.41, 5.74) is -1.99. The van der Waals surface area contributed by atoms with E-state index in [4.69, 9.17) is 14.0 Å². The van der Waals surface area contributed by atoms with E-state index in [2.05, 4.69) is 5.16 Å². The van der Waals surface area contributed by atoms with Gasteiger partial charge >= 0.3 is 6.09 Å². The third-order valence-electron chi connectivity index (χ3n) is 2.79. The highest BCUT2D eigenvalue weighted by atomic mass is 16.6. The SMILES string of the molecule is COc1cc(C(C)(C=O)N(C)C(=O)OC(C)(C)C)on1. The first kappa shape index (κ1) is 16.0. The van der Waals surface area contributed by atoms with E-state index < -0.39 is 17.2 Å². The number of methoxy groups -OCH3 is 1. The molecule has 0 spiro atoms. The van der Waals surface area contributed by atoms with E-state index >= 15 is 0 Å². The number of hydrogen-bond acceptors (Lipinski definition) is 6. The topological polar surface area (TPSA) is 81.9 Å². The Labute approximate surface area is 117 Å². The first-order valence-corrected chi connectivity index (χ1v) is 6.08. The van der Waals surface area contributed by atoms with Crippen molar-refractivity contribution in [3.63, 3.8) is 0 Å². The van der Waals surface area contributed by atoms with Crippen molar-refractivity contribution in [2.24, 2.45) is 0 Å². The zero-order chi connectivity index (χ0) is 15.6. The molecule has 0 aliphatic carbocycles. The fraction of sp³-hybridized carbons (Fsp3) is 0.615. The molecule has 0 saturated heterocycles. The van der Waals surface area contributed by atoms with Gasteiger partial charge in [-0.05, 0) is 32.9 Å². The van der Waals surface area contributed by atoms with Crippen molar-refractivity contribution in [2.75, 3.05) is 14.2 Å². The molecule has 1 unspecified atom stereocenters. The van der Waals surface area contributed by atoms with Crippen LogP contribution in [0.4, 0.5) is 4.79 Å². The van der Waals surface area contributed by atoms with Crippen molar-refractivity contribution in [3.8, 4) is 5.88 Å². The van der Waals surface area contributed by atoms with Crippen LogP contribution in [0.5, 0.6) is 5.88 Å². The Morgan fingerprint density at radius 1 is 1.40 bits per heavy atom. The molecule has 112 valence electrons. The van der Waals surface area contributed by atoms with Crippen molar-refractivity contribution in [1.29, 1.82) is 0 Å². The quantitative estimate of drug-likeness (QED) is 0.786. The largest absolute Gasteiger partial charge is 0.479 e. The summed E-state index contributed by atoms with van der Waals surface area (Å²) in [6.45, 7) is 6.77. The molecule has 1 aromatic rings. The highest BCUT2D eigenvalue weighted by Crippen LogP contribution is 2.29. The Hall–Kier alpha value is -2.05. The fourth-order valence-corrected chi connectivity index (χ4v) is 1.42. The minimum Gasteiger partial charge on any atom is -0.479 e.